The largest absolute Gasteiger partial charge is 0.456 e. The van der Waals surface area contributed by atoms with Gasteiger partial charge in [0.05, 0.1) is 21.5 Å². The van der Waals surface area contributed by atoms with Gasteiger partial charge in [0.15, 0.2) is 0 Å². The Balaban J connectivity index is 1.08. The minimum absolute atomic E-state index is 0.464. The van der Waals surface area contributed by atoms with Gasteiger partial charge in [0.1, 0.15) is 11.2 Å². The van der Waals surface area contributed by atoms with Gasteiger partial charge in [-0.25, -0.2) is 0 Å². The normalized spacial score (nSPS) is 13.3. The first kappa shape index (κ1) is 34.0. The van der Waals surface area contributed by atoms with E-state index in [1.54, 1.807) is 0 Å². The monoisotopic (exact) mass is 805 g/mol. The van der Waals surface area contributed by atoms with Crippen molar-refractivity contribution in [3.05, 3.63) is 235 Å². The van der Waals surface area contributed by atoms with Gasteiger partial charge < -0.3 is 9.32 Å². The molecule has 0 unspecified atom stereocenters. The Morgan fingerprint density at radius 2 is 0.935 bits per heavy atom. The van der Waals surface area contributed by atoms with Crippen molar-refractivity contribution < 1.29 is 4.42 Å². The van der Waals surface area contributed by atoms with E-state index in [-0.39, 0.29) is 0 Å². The van der Waals surface area contributed by atoms with Gasteiger partial charge in [-0.05, 0) is 109 Å². The maximum absolute atomic E-state index is 6.66. The van der Waals surface area contributed by atoms with Crippen LogP contribution in [0.5, 0.6) is 0 Å². The minimum atomic E-state index is -0.464. The summed E-state index contributed by atoms with van der Waals surface area (Å²) in [5.41, 5.74) is 17.5. The molecule has 0 N–H and O–H groups in total. The second kappa shape index (κ2) is 12.7. The number of nitrogens with zero attached hydrogens (tertiary/aromatic N) is 1. The Kier molecular flexibility index (Phi) is 6.95. The van der Waals surface area contributed by atoms with Gasteiger partial charge in [0.2, 0.25) is 0 Å². The summed E-state index contributed by atoms with van der Waals surface area (Å²) in [7, 11) is 0. The van der Waals surface area contributed by atoms with E-state index >= 15 is 0 Å². The molecule has 0 radical (unpaired) electrons. The topological polar surface area (TPSA) is 16.4 Å². The van der Waals surface area contributed by atoms with Gasteiger partial charge >= 0.3 is 0 Å². The summed E-state index contributed by atoms with van der Waals surface area (Å²) < 4.78 is 9.21. The summed E-state index contributed by atoms with van der Waals surface area (Å²) in [5.74, 6) is 0. The number of anilines is 3. The van der Waals surface area contributed by atoms with E-state index in [2.05, 4.69) is 217 Å². The Morgan fingerprint density at radius 1 is 0.371 bits per heavy atom. The zero-order chi connectivity index (χ0) is 40.5. The summed E-state index contributed by atoms with van der Waals surface area (Å²) >= 11 is 1.87. The molecule has 1 spiro atoms. The molecule has 3 heteroatoms. The number of fused-ring (bicyclic) bond motifs is 17. The van der Waals surface area contributed by atoms with Crippen LogP contribution in [0.4, 0.5) is 17.1 Å². The van der Waals surface area contributed by atoms with E-state index in [0.29, 0.717) is 0 Å². The predicted molar refractivity (Wildman–Crippen MR) is 261 cm³/mol. The summed E-state index contributed by atoms with van der Waals surface area (Å²) in [4.78, 5) is 2.53. The molecule has 2 nitrogen and oxygen atoms in total. The lowest BCUT2D eigenvalue weighted by molar-refractivity contribution is 0.669. The van der Waals surface area contributed by atoms with Crippen LogP contribution in [0.25, 0.3) is 86.3 Å². The number of hydrogen-bond acceptors (Lipinski definition) is 3. The van der Waals surface area contributed by atoms with Crippen LogP contribution in [0.1, 0.15) is 22.3 Å². The molecule has 0 saturated heterocycles. The number of furan rings is 1. The summed E-state index contributed by atoms with van der Waals surface area (Å²) in [6.45, 7) is 0. The van der Waals surface area contributed by atoms with E-state index < -0.39 is 5.41 Å². The zero-order valence-electron chi connectivity index (χ0n) is 33.5. The lowest BCUT2D eigenvalue weighted by Gasteiger charge is -2.33. The molecular weight excluding hydrogens is 771 g/mol. The molecule has 14 rings (SSSR count). The molecule has 0 fully saturated rings. The van der Waals surface area contributed by atoms with Gasteiger partial charge in [0.25, 0.3) is 0 Å². The molecule has 2 aliphatic carbocycles. The van der Waals surface area contributed by atoms with Crippen molar-refractivity contribution in [3.63, 3.8) is 0 Å². The molecule has 2 aliphatic rings. The van der Waals surface area contributed by atoms with E-state index in [9.17, 15) is 0 Å². The molecular formula is C59H35NOS. The summed E-state index contributed by atoms with van der Waals surface area (Å²) in [6.07, 6.45) is 0. The van der Waals surface area contributed by atoms with Crippen LogP contribution in [0.3, 0.4) is 0 Å². The van der Waals surface area contributed by atoms with Crippen LogP contribution < -0.4 is 4.90 Å². The number of thiophene rings is 1. The molecule has 2 aromatic heterocycles. The molecule has 0 amide bonds. The van der Waals surface area contributed by atoms with E-state index in [0.717, 1.165) is 50.1 Å². The number of hydrogen-bond donors (Lipinski definition) is 0. The third-order valence-electron chi connectivity index (χ3n) is 13.7. The molecule has 0 bridgehead atoms. The molecule has 10 aromatic carbocycles. The molecule has 0 saturated carbocycles. The first-order valence-corrected chi connectivity index (χ1v) is 22.1. The van der Waals surface area contributed by atoms with Gasteiger partial charge in [-0.1, -0.05) is 164 Å². The summed E-state index contributed by atoms with van der Waals surface area (Å²) in [6, 6.07) is 78.6. The SMILES string of the molecule is c1ccc(N(c2ccc3c(c2)C2(c4ccccc4-c4ccccc42)c2ccccc2-3)c2cccc3c2sc2ccccc23)c(-c2cccc3oc4cc5ccccc5cc4c23)c1. The molecule has 0 aliphatic heterocycles. The van der Waals surface area contributed by atoms with Crippen LogP contribution in [-0.2, 0) is 5.41 Å². The van der Waals surface area contributed by atoms with Crippen molar-refractivity contribution in [2.45, 2.75) is 5.41 Å². The van der Waals surface area contributed by atoms with Crippen molar-refractivity contribution in [3.8, 4) is 33.4 Å². The Bertz CT molecular complexity index is 3790. The molecule has 2 heterocycles. The molecule has 12 aromatic rings. The van der Waals surface area contributed by atoms with Gasteiger partial charge in [0, 0.05) is 37.5 Å². The fourth-order valence-corrected chi connectivity index (χ4v) is 12.4. The van der Waals surface area contributed by atoms with Crippen molar-refractivity contribution in [1.29, 1.82) is 0 Å². The second-order valence-electron chi connectivity index (χ2n) is 16.7. The first-order chi connectivity index (χ1) is 30.8. The smallest absolute Gasteiger partial charge is 0.136 e. The average molecular weight is 806 g/mol. The molecule has 62 heavy (non-hydrogen) atoms. The average Bonchev–Trinajstić information content (AvgIpc) is 4.06. The minimum Gasteiger partial charge on any atom is -0.456 e. The Morgan fingerprint density at radius 3 is 1.69 bits per heavy atom. The highest BCUT2D eigenvalue weighted by Crippen LogP contribution is 2.63. The number of rotatable bonds is 4. The van der Waals surface area contributed by atoms with Crippen molar-refractivity contribution in [2.75, 3.05) is 4.90 Å². The Hall–Kier alpha value is -7.72. The maximum atomic E-state index is 6.66. The van der Waals surface area contributed by atoms with Crippen LogP contribution in [0, 0.1) is 0 Å². The summed E-state index contributed by atoms with van der Waals surface area (Å²) in [5, 5.41) is 7.18. The number of para-hydroxylation sites is 1. The lowest BCUT2D eigenvalue weighted by Crippen LogP contribution is -2.26. The Labute approximate surface area is 362 Å². The lowest BCUT2D eigenvalue weighted by atomic mass is 9.70. The highest BCUT2D eigenvalue weighted by molar-refractivity contribution is 7.26. The molecule has 0 atom stereocenters. The van der Waals surface area contributed by atoms with Crippen molar-refractivity contribution in [2.24, 2.45) is 0 Å². The quantitative estimate of drug-likeness (QED) is 0.176. The second-order valence-corrected chi connectivity index (χ2v) is 17.7. The van der Waals surface area contributed by atoms with Gasteiger partial charge in [-0.3, -0.25) is 0 Å². The zero-order valence-corrected chi connectivity index (χ0v) is 34.3. The van der Waals surface area contributed by atoms with Crippen LogP contribution in [-0.4, -0.2) is 0 Å². The third-order valence-corrected chi connectivity index (χ3v) is 14.9. The van der Waals surface area contributed by atoms with Gasteiger partial charge in [-0.15, -0.1) is 11.3 Å². The highest BCUT2D eigenvalue weighted by Gasteiger charge is 2.51. The highest BCUT2D eigenvalue weighted by atomic mass is 32.1. The van der Waals surface area contributed by atoms with E-state index in [1.807, 2.05) is 11.3 Å². The third kappa shape index (κ3) is 4.47. The maximum Gasteiger partial charge on any atom is 0.136 e. The van der Waals surface area contributed by atoms with Crippen molar-refractivity contribution in [1.82, 2.24) is 0 Å². The van der Waals surface area contributed by atoms with Gasteiger partial charge in [-0.2, -0.15) is 0 Å². The van der Waals surface area contributed by atoms with Crippen molar-refractivity contribution >= 4 is 81.3 Å². The fourth-order valence-electron chi connectivity index (χ4n) is 11.2. The van der Waals surface area contributed by atoms with E-state index in [1.165, 1.54) is 75.5 Å². The van der Waals surface area contributed by atoms with Crippen LogP contribution >= 0.6 is 11.3 Å². The standard InChI is InChI=1S/C59H35NOS/c1-2-16-37-34-55-47(33-36(37)15-1)57-45(22-14-29-54(57)61-55)43-20-6-11-27-52(43)60(53-28-13-23-46-44-21-7-12-30-56(44)62-58(46)53)38-31-32-42-41-19-5-10-26-50(41)59(51(42)35-38)48-24-8-3-17-39(48)40-18-4-9-25-49(40)59/h1-35H. The predicted octanol–water partition coefficient (Wildman–Crippen LogP) is 16.6. The van der Waals surface area contributed by atoms with Crippen LogP contribution in [0.15, 0.2) is 217 Å². The molecule has 288 valence electrons. The van der Waals surface area contributed by atoms with E-state index in [4.69, 9.17) is 4.42 Å². The van der Waals surface area contributed by atoms with Crippen LogP contribution in [0.2, 0.25) is 0 Å². The first-order valence-electron chi connectivity index (χ1n) is 21.3. The fraction of sp³-hybridized carbons (Fsp3) is 0.0169. The number of benzene rings is 10.